The molecule has 2 aromatic heterocycles. The van der Waals surface area contributed by atoms with Crippen molar-refractivity contribution in [2.75, 3.05) is 0 Å². The van der Waals surface area contributed by atoms with Crippen molar-refractivity contribution in [3.8, 4) is 0 Å². The number of hydrogen-bond acceptors (Lipinski definition) is 4. The van der Waals surface area contributed by atoms with E-state index in [9.17, 15) is 0 Å². The van der Waals surface area contributed by atoms with Gasteiger partial charge >= 0.3 is 0 Å². The Balaban J connectivity index is 2.35. The molecule has 0 saturated heterocycles. The van der Waals surface area contributed by atoms with Crippen LogP contribution in [-0.2, 0) is 0 Å². The molecule has 0 aliphatic heterocycles. The molecular weight excluding hydrogens is 230 g/mol. The van der Waals surface area contributed by atoms with Gasteiger partial charge in [0.1, 0.15) is 5.15 Å². The van der Waals surface area contributed by atoms with E-state index in [2.05, 4.69) is 15.8 Å². The van der Waals surface area contributed by atoms with Crippen molar-refractivity contribution < 1.29 is 0 Å². The van der Waals surface area contributed by atoms with E-state index in [-0.39, 0.29) is 6.04 Å². The molecule has 2 aromatic rings. The van der Waals surface area contributed by atoms with E-state index in [0.29, 0.717) is 5.15 Å². The van der Waals surface area contributed by atoms with Crippen LogP contribution in [0.1, 0.15) is 17.2 Å². The Morgan fingerprint density at radius 3 is 2.87 bits per heavy atom. The first-order valence-corrected chi connectivity index (χ1v) is 5.73. The summed E-state index contributed by atoms with van der Waals surface area (Å²) < 4.78 is 0. The highest BCUT2D eigenvalue weighted by atomic mass is 35.5. The van der Waals surface area contributed by atoms with Crippen molar-refractivity contribution in [3.05, 3.63) is 51.4 Å². The average Bonchev–Trinajstić information content (AvgIpc) is 2.72. The van der Waals surface area contributed by atoms with Crippen molar-refractivity contribution in [2.24, 2.45) is 5.84 Å². The van der Waals surface area contributed by atoms with E-state index in [4.69, 9.17) is 17.4 Å². The SMILES string of the molecule is NNC(c1ccsc1)c1ccnc(Cl)c1. The molecule has 2 heterocycles. The highest BCUT2D eigenvalue weighted by Crippen LogP contribution is 2.24. The molecule has 0 bridgehead atoms. The first-order chi connectivity index (χ1) is 7.31. The minimum absolute atomic E-state index is 0.0308. The highest BCUT2D eigenvalue weighted by molar-refractivity contribution is 7.08. The number of nitrogens with one attached hydrogen (secondary N) is 1. The Kier molecular flexibility index (Phi) is 3.33. The lowest BCUT2D eigenvalue weighted by atomic mass is 10.0. The van der Waals surface area contributed by atoms with Gasteiger partial charge in [-0.15, -0.1) is 0 Å². The van der Waals surface area contributed by atoms with E-state index in [1.54, 1.807) is 17.5 Å². The number of halogens is 1. The van der Waals surface area contributed by atoms with Crippen molar-refractivity contribution in [2.45, 2.75) is 6.04 Å². The van der Waals surface area contributed by atoms with Crippen LogP contribution in [0.5, 0.6) is 0 Å². The lowest BCUT2D eigenvalue weighted by Crippen LogP contribution is -2.28. The molecule has 0 radical (unpaired) electrons. The molecule has 78 valence electrons. The summed E-state index contributed by atoms with van der Waals surface area (Å²) in [5.41, 5.74) is 4.91. The van der Waals surface area contributed by atoms with Crippen LogP contribution in [0.4, 0.5) is 0 Å². The van der Waals surface area contributed by atoms with Gasteiger partial charge in [0.25, 0.3) is 0 Å². The molecule has 0 spiro atoms. The number of aromatic nitrogens is 1. The zero-order chi connectivity index (χ0) is 10.7. The van der Waals surface area contributed by atoms with Gasteiger partial charge in [-0.1, -0.05) is 11.6 Å². The van der Waals surface area contributed by atoms with Crippen LogP contribution >= 0.6 is 22.9 Å². The monoisotopic (exact) mass is 239 g/mol. The second-order valence-electron chi connectivity index (χ2n) is 3.07. The maximum Gasteiger partial charge on any atom is 0.129 e. The van der Waals surface area contributed by atoms with E-state index in [1.165, 1.54) is 0 Å². The normalized spacial score (nSPS) is 12.7. The van der Waals surface area contributed by atoms with Gasteiger partial charge in [0.2, 0.25) is 0 Å². The molecule has 0 fully saturated rings. The zero-order valence-electron chi connectivity index (χ0n) is 7.85. The lowest BCUT2D eigenvalue weighted by Gasteiger charge is -2.14. The third-order valence-electron chi connectivity index (χ3n) is 2.13. The van der Waals surface area contributed by atoms with Crippen molar-refractivity contribution in [3.63, 3.8) is 0 Å². The highest BCUT2D eigenvalue weighted by Gasteiger charge is 2.12. The number of thiophene rings is 1. The molecule has 1 atom stereocenters. The molecule has 0 aliphatic carbocycles. The van der Waals surface area contributed by atoms with Gasteiger partial charge in [-0.25, -0.2) is 10.4 Å². The lowest BCUT2D eigenvalue weighted by molar-refractivity contribution is 0.638. The molecule has 0 saturated carbocycles. The number of hydrogen-bond donors (Lipinski definition) is 2. The summed E-state index contributed by atoms with van der Waals surface area (Å²) in [5.74, 6) is 5.54. The largest absolute Gasteiger partial charge is 0.271 e. The van der Waals surface area contributed by atoms with Gasteiger partial charge in [-0.05, 0) is 40.1 Å². The van der Waals surface area contributed by atoms with Crippen LogP contribution in [0.25, 0.3) is 0 Å². The molecule has 0 aliphatic rings. The predicted octanol–water partition coefficient (Wildman–Crippen LogP) is 2.35. The number of pyridine rings is 1. The van der Waals surface area contributed by atoms with Crippen LogP contribution in [0, 0.1) is 0 Å². The molecule has 1 unspecified atom stereocenters. The molecule has 0 aromatic carbocycles. The summed E-state index contributed by atoms with van der Waals surface area (Å²) in [6.07, 6.45) is 1.67. The third-order valence-corrected chi connectivity index (χ3v) is 3.04. The second kappa shape index (κ2) is 4.72. The fraction of sp³-hybridized carbons (Fsp3) is 0.100. The topological polar surface area (TPSA) is 50.9 Å². The molecule has 2 rings (SSSR count). The van der Waals surface area contributed by atoms with Gasteiger partial charge < -0.3 is 0 Å². The van der Waals surface area contributed by atoms with Crippen molar-refractivity contribution in [1.29, 1.82) is 0 Å². The Labute approximate surface area is 96.9 Å². The summed E-state index contributed by atoms with van der Waals surface area (Å²) in [5, 5.41) is 4.55. The summed E-state index contributed by atoms with van der Waals surface area (Å²) in [6.45, 7) is 0. The molecular formula is C10H10ClN3S. The van der Waals surface area contributed by atoms with Gasteiger partial charge in [-0.3, -0.25) is 5.84 Å². The summed E-state index contributed by atoms with van der Waals surface area (Å²) in [7, 11) is 0. The number of hydrazine groups is 1. The molecule has 0 amide bonds. The van der Waals surface area contributed by atoms with Crippen LogP contribution in [-0.4, -0.2) is 4.98 Å². The fourth-order valence-corrected chi connectivity index (χ4v) is 2.29. The maximum absolute atomic E-state index is 5.83. The maximum atomic E-state index is 5.83. The molecule has 5 heteroatoms. The van der Waals surface area contributed by atoms with Crippen molar-refractivity contribution in [1.82, 2.24) is 10.4 Å². The smallest absolute Gasteiger partial charge is 0.129 e. The Morgan fingerprint density at radius 1 is 1.40 bits per heavy atom. The minimum atomic E-state index is -0.0308. The van der Waals surface area contributed by atoms with E-state index < -0.39 is 0 Å². The predicted molar refractivity (Wildman–Crippen MR) is 62.7 cm³/mol. The second-order valence-corrected chi connectivity index (χ2v) is 4.24. The quantitative estimate of drug-likeness (QED) is 0.491. The molecule has 15 heavy (non-hydrogen) atoms. The van der Waals surface area contributed by atoms with E-state index in [1.807, 2.05) is 23.6 Å². The van der Waals surface area contributed by atoms with Gasteiger partial charge in [-0.2, -0.15) is 11.3 Å². The van der Waals surface area contributed by atoms with Crippen LogP contribution in [0.15, 0.2) is 35.2 Å². The summed E-state index contributed by atoms with van der Waals surface area (Å²) in [6, 6.07) is 5.71. The Bertz CT molecular complexity index is 430. The van der Waals surface area contributed by atoms with Gasteiger partial charge in [0.05, 0.1) is 6.04 Å². The first-order valence-electron chi connectivity index (χ1n) is 4.41. The fourth-order valence-electron chi connectivity index (χ4n) is 1.42. The average molecular weight is 240 g/mol. The number of nitrogens with zero attached hydrogens (tertiary/aromatic N) is 1. The van der Waals surface area contributed by atoms with Crippen LogP contribution in [0.2, 0.25) is 5.15 Å². The molecule has 3 nitrogen and oxygen atoms in total. The standard InChI is InChI=1S/C10H10ClN3S/c11-9-5-7(1-3-13-9)10(14-12)8-2-4-15-6-8/h1-6,10,14H,12H2. The minimum Gasteiger partial charge on any atom is -0.271 e. The summed E-state index contributed by atoms with van der Waals surface area (Å²) >= 11 is 7.47. The number of nitrogens with two attached hydrogens (primary N) is 1. The first kappa shape index (κ1) is 10.6. The van der Waals surface area contributed by atoms with E-state index >= 15 is 0 Å². The van der Waals surface area contributed by atoms with Gasteiger partial charge in [0, 0.05) is 6.20 Å². The van der Waals surface area contributed by atoms with Crippen LogP contribution < -0.4 is 11.3 Å². The van der Waals surface area contributed by atoms with Crippen LogP contribution in [0.3, 0.4) is 0 Å². The molecule has 3 N–H and O–H groups in total. The Hall–Kier alpha value is -0.940. The van der Waals surface area contributed by atoms with Gasteiger partial charge in [0.15, 0.2) is 0 Å². The zero-order valence-corrected chi connectivity index (χ0v) is 9.42. The number of rotatable bonds is 3. The van der Waals surface area contributed by atoms with Crippen molar-refractivity contribution >= 4 is 22.9 Å². The van der Waals surface area contributed by atoms with E-state index in [0.717, 1.165) is 11.1 Å². The summed E-state index contributed by atoms with van der Waals surface area (Å²) in [4.78, 5) is 3.94. The third kappa shape index (κ3) is 2.35. The Morgan fingerprint density at radius 2 is 2.27 bits per heavy atom.